The zero-order chi connectivity index (χ0) is 10.5. The molecule has 2 aromatic rings. The second-order valence-corrected chi connectivity index (χ2v) is 3.85. The van der Waals surface area contributed by atoms with E-state index in [1.807, 2.05) is 12.1 Å². The van der Waals surface area contributed by atoms with Gasteiger partial charge in [-0.1, -0.05) is 23.7 Å². The molecule has 0 amide bonds. The second-order valence-electron chi connectivity index (χ2n) is 3.41. The first-order valence-corrected chi connectivity index (χ1v) is 5.31. The maximum Gasteiger partial charge on any atom is 0.137 e. The molecule has 0 aliphatic rings. The van der Waals surface area contributed by atoms with E-state index < -0.39 is 0 Å². The van der Waals surface area contributed by atoms with Gasteiger partial charge in [0, 0.05) is 11.4 Å². The Labute approximate surface area is 93.5 Å². The van der Waals surface area contributed by atoms with Crippen LogP contribution in [0.2, 0.25) is 5.02 Å². The molecule has 0 radical (unpaired) electrons. The predicted octanol–water partition coefficient (Wildman–Crippen LogP) is 2.63. The molecule has 0 aliphatic heterocycles. The lowest BCUT2D eigenvalue weighted by Crippen LogP contribution is -1.92. The largest absolute Gasteiger partial charge is 0.263 e. The third kappa shape index (κ3) is 3.06. The van der Waals surface area contributed by atoms with Crippen molar-refractivity contribution in [2.75, 3.05) is 0 Å². The normalized spacial score (nSPS) is 10.5. The Hall–Kier alpha value is -1.35. The smallest absolute Gasteiger partial charge is 0.137 e. The van der Waals surface area contributed by atoms with Crippen molar-refractivity contribution in [3.63, 3.8) is 0 Å². The van der Waals surface area contributed by atoms with E-state index in [2.05, 4.69) is 27.3 Å². The van der Waals surface area contributed by atoms with E-state index in [0.29, 0.717) is 0 Å². The summed E-state index contributed by atoms with van der Waals surface area (Å²) in [6.07, 6.45) is 4.58. The summed E-state index contributed by atoms with van der Waals surface area (Å²) in [7, 11) is 0. The van der Waals surface area contributed by atoms with Crippen LogP contribution in [0.15, 0.2) is 30.6 Å². The zero-order valence-corrected chi connectivity index (χ0v) is 9.04. The first kappa shape index (κ1) is 10.2. The Morgan fingerprint density at radius 2 is 1.93 bits per heavy atom. The van der Waals surface area contributed by atoms with Crippen molar-refractivity contribution in [3.05, 3.63) is 47.0 Å². The number of H-pyrrole nitrogens is 1. The molecule has 2 rings (SSSR count). The van der Waals surface area contributed by atoms with E-state index in [1.165, 1.54) is 11.9 Å². The van der Waals surface area contributed by atoms with Gasteiger partial charge in [0.25, 0.3) is 0 Å². The van der Waals surface area contributed by atoms with Crippen LogP contribution >= 0.6 is 11.6 Å². The molecule has 0 bridgehead atoms. The fraction of sp³-hybridized carbons (Fsp3) is 0.273. The van der Waals surface area contributed by atoms with Gasteiger partial charge in [0.1, 0.15) is 12.2 Å². The van der Waals surface area contributed by atoms with Gasteiger partial charge in [-0.15, -0.1) is 0 Å². The lowest BCUT2D eigenvalue weighted by molar-refractivity contribution is 0.775. The average molecular weight is 222 g/mol. The third-order valence-corrected chi connectivity index (χ3v) is 2.51. The SMILES string of the molecule is Clc1ccc(CCCc2ncn[nH]2)cc1. The van der Waals surface area contributed by atoms with Gasteiger partial charge < -0.3 is 0 Å². The van der Waals surface area contributed by atoms with E-state index in [1.54, 1.807) is 0 Å². The molecule has 0 fully saturated rings. The van der Waals surface area contributed by atoms with Crippen LogP contribution < -0.4 is 0 Å². The van der Waals surface area contributed by atoms with E-state index in [4.69, 9.17) is 11.6 Å². The monoisotopic (exact) mass is 221 g/mol. The fourth-order valence-corrected chi connectivity index (χ4v) is 1.59. The number of nitrogens with zero attached hydrogens (tertiary/aromatic N) is 2. The number of hydrogen-bond acceptors (Lipinski definition) is 2. The van der Waals surface area contributed by atoms with Gasteiger partial charge in [-0.05, 0) is 30.5 Å². The van der Waals surface area contributed by atoms with Crippen molar-refractivity contribution < 1.29 is 0 Å². The maximum absolute atomic E-state index is 5.80. The number of halogens is 1. The standard InChI is InChI=1S/C11H12ClN3/c12-10-6-4-9(5-7-10)2-1-3-11-13-8-14-15-11/h4-8H,1-3H2,(H,13,14,15). The lowest BCUT2D eigenvalue weighted by atomic mass is 10.1. The highest BCUT2D eigenvalue weighted by Gasteiger charge is 1.97. The molecular formula is C11H12ClN3. The molecule has 78 valence electrons. The van der Waals surface area contributed by atoms with Crippen molar-refractivity contribution in [1.29, 1.82) is 0 Å². The fourth-order valence-electron chi connectivity index (χ4n) is 1.46. The van der Waals surface area contributed by atoms with Gasteiger partial charge in [-0.3, -0.25) is 5.10 Å². The zero-order valence-electron chi connectivity index (χ0n) is 8.28. The molecule has 1 heterocycles. The molecule has 1 N–H and O–H groups in total. The molecule has 0 atom stereocenters. The summed E-state index contributed by atoms with van der Waals surface area (Å²) in [6, 6.07) is 7.96. The Morgan fingerprint density at radius 3 is 2.60 bits per heavy atom. The summed E-state index contributed by atoms with van der Waals surface area (Å²) < 4.78 is 0. The quantitative estimate of drug-likeness (QED) is 0.863. The van der Waals surface area contributed by atoms with E-state index in [0.717, 1.165) is 30.1 Å². The molecule has 1 aromatic heterocycles. The van der Waals surface area contributed by atoms with Gasteiger partial charge in [-0.25, -0.2) is 4.98 Å². The van der Waals surface area contributed by atoms with Crippen molar-refractivity contribution in [3.8, 4) is 0 Å². The highest BCUT2D eigenvalue weighted by Crippen LogP contribution is 2.11. The molecule has 4 heteroatoms. The molecular weight excluding hydrogens is 210 g/mol. The van der Waals surface area contributed by atoms with Crippen LogP contribution in [0.4, 0.5) is 0 Å². The Morgan fingerprint density at radius 1 is 1.13 bits per heavy atom. The molecule has 0 aliphatic carbocycles. The van der Waals surface area contributed by atoms with Crippen molar-refractivity contribution in [1.82, 2.24) is 15.2 Å². The van der Waals surface area contributed by atoms with Gasteiger partial charge in [-0.2, -0.15) is 5.10 Å². The molecule has 0 unspecified atom stereocenters. The minimum Gasteiger partial charge on any atom is -0.263 e. The summed E-state index contributed by atoms with van der Waals surface area (Å²) in [4.78, 5) is 4.07. The number of aromatic amines is 1. The van der Waals surface area contributed by atoms with Crippen LogP contribution in [0.3, 0.4) is 0 Å². The van der Waals surface area contributed by atoms with E-state index >= 15 is 0 Å². The minimum absolute atomic E-state index is 0.786. The first-order valence-electron chi connectivity index (χ1n) is 4.93. The van der Waals surface area contributed by atoms with Crippen molar-refractivity contribution in [2.24, 2.45) is 0 Å². The highest BCUT2D eigenvalue weighted by molar-refractivity contribution is 6.30. The van der Waals surface area contributed by atoms with E-state index in [-0.39, 0.29) is 0 Å². The molecule has 3 nitrogen and oxygen atoms in total. The summed E-state index contributed by atoms with van der Waals surface area (Å²) in [5.74, 6) is 0.948. The molecule has 15 heavy (non-hydrogen) atoms. The van der Waals surface area contributed by atoms with Crippen molar-refractivity contribution >= 4 is 11.6 Å². The number of aryl methyl sites for hydroxylation is 2. The van der Waals surface area contributed by atoms with Crippen LogP contribution in [0, 0.1) is 0 Å². The van der Waals surface area contributed by atoms with Crippen LogP contribution in [0.5, 0.6) is 0 Å². The summed E-state index contributed by atoms with van der Waals surface area (Å²) in [5, 5.41) is 7.44. The number of benzene rings is 1. The highest BCUT2D eigenvalue weighted by atomic mass is 35.5. The summed E-state index contributed by atoms with van der Waals surface area (Å²) >= 11 is 5.80. The molecule has 0 saturated heterocycles. The topological polar surface area (TPSA) is 41.6 Å². The predicted molar refractivity (Wildman–Crippen MR) is 59.9 cm³/mol. The second kappa shape index (κ2) is 4.94. The Kier molecular flexibility index (Phi) is 3.35. The summed E-state index contributed by atoms with van der Waals surface area (Å²) in [6.45, 7) is 0. The van der Waals surface area contributed by atoms with Crippen LogP contribution in [-0.4, -0.2) is 15.2 Å². The lowest BCUT2D eigenvalue weighted by Gasteiger charge is -1.99. The number of hydrogen-bond donors (Lipinski definition) is 1. The average Bonchev–Trinajstić information content (AvgIpc) is 2.74. The third-order valence-electron chi connectivity index (χ3n) is 2.26. The first-order chi connectivity index (χ1) is 7.34. The van der Waals surface area contributed by atoms with Gasteiger partial charge in [0.05, 0.1) is 0 Å². The molecule has 1 aromatic carbocycles. The Balaban J connectivity index is 1.81. The number of rotatable bonds is 4. The van der Waals surface area contributed by atoms with Crippen LogP contribution in [0.25, 0.3) is 0 Å². The maximum atomic E-state index is 5.80. The molecule has 0 spiro atoms. The molecule has 0 saturated carbocycles. The van der Waals surface area contributed by atoms with Gasteiger partial charge in [0.2, 0.25) is 0 Å². The van der Waals surface area contributed by atoms with E-state index in [9.17, 15) is 0 Å². The van der Waals surface area contributed by atoms with Crippen LogP contribution in [-0.2, 0) is 12.8 Å². The summed E-state index contributed by atoms with van der Waals surface area (Å²) in [5.41, 5.74) is 1.30. The van der Waals surface area contributed by atoms with Gasteiger partial charge in [0.15, 0.2) is 0 Å². The van der Waals surface area contributed by atoms with Crippen molar-refractivity contribution in [2.45, 2.75) is 19.3 Å². The number of nitrogens with one attached hydrogen (secondary N) is 1. The van der Waals surface area contributed by atoms with Gasteiger partial charge >= 0.3 is 0 Å². The number of aromatic nitrogens is 3. The van der Waals surface area contributed by atoms with Crippen LogP contribution in [0.1, 0.15) is 17.8 Å². The minimum atomic E-state index is 0.786. The Bertz CT molecular complexity index is 394.